The second-order valence-corrected chi connectivity index (χ2v) is 5.26. The van der Waals surface area contributed by atoms with Gasteiger partial charge in [-0.25, -0.2) is 0 Å². The summed E-state index contributed by atoms with van der Waals surface area (Å²) in [4.78, 5) is 12.8. The third kappa shape index (κ3) is 1.89. The standard InChI is InChI=1S/C16H18O3/c1-3-12-14(11-7-4-5-8-13(11)19-12)15(17)16(2)9-6-10-18-16/h4-5,7-8H,3,6,9-10H2,1-2H3. The Labute approximate surface area is 112 Å². The first-order chi connectivity index (χ1) is 9.15. The summed E-state index contributed by atoms with van der Waals surface area (Å²) in [5.41, 5.74) is 0.808. The van der Waals surface area contributed by atoms with E-state index >= 15 is 0 Å². The van der Waals surface area contributed by atoms with Crippen LogP contribution in [0.3, 0.4) is 0 Å². The Bertz CT molecular complexity index is 618. The Morgan fingerprint density at radius 1 is 1.37 bits per heavy atom. The van der Waals surface area contributed by atoms with Crippen LogP contribution < -0.4 is 0 Å². The summed E-state index contributed by atoms with van der Waals surface area (Å²) in [7, 11) is 0. The molecule has 0 spiro atoms. The fraction of sp³-hybridized carbons (Fsp3) is 0.438. The average molecular weight is 258 g/mol. The summed E-state index contributed by atoms with van der Waals surface area (Å²) in [6.07, 6.45) is 2.44. The van der Waals surface area contributed by atoms with Gasteiger partial charge in [0.1, 0.15) is 16.9 Å². The molecule has 100 valence electrons. The molecule has 2 heterocycles. The third-order valence-electron chi connectivity index (χ3n) is 3.92. The minimum atomic E-state index is -0.684. The molecule has 1 aliphatic heterocycles. The summed E-state index contributed by atoms with van der Waals surface area (Å²) < 4.78 is 11.5. The van der Waals surface area contributed by atoms with Crippen molar-refractivity contribution in [2.45, 2.75) is 38.7 Å². The first-order valence-corrected chi connectivity index (χ1v) is 6.85. The molecule has 1 unspecified atom stereocenters. The molecule has 0 radical (unpaired) electrons. The van der Waals surface area contributed by atoms with Crippen LogP contribution in [0.5, 0.6) is 0 Å². The maximum absolute atomic E-state index is 12.8. The summed E-state index contributed by atoms with van der Waals surface area (Å²) in [6.45, 7) is 4.56. The Morgan fingerprint density at radius 3 is 2.84 bits per heavy atom. The van der Waals surface area contributed by atoms with Gasteiger partial charge in [0.15, 0.2) is 5.78 Å². The van der Waals surface area contributed by atoms with E-state index in [2.05, 4.69) is 0 Å². The lowest BCUT2D eigenvalue weighted by molar-refractivity contribution is 0.0213. The molecule has 1 aliphatic rings. The van der Waals surface area contributed by atoms with Crippen LogP contribution in [0, 0.1) is 0 Å². The van der Waals surface area contributed by atoms with Crippen molar-refractivity contribution in [2.75, 3.05) is 6.61 Å². The van der Waals surface area contributed by atoms with E-state index in [1.807, 2.05) is 38.1 Å². The number of ether oxygens (including phenoxy) is 1. The highest BCUT2D eigenvalue weighted by molar-refractivity contribution is 6.12. The van der Waals surface area contributed by atoms with Gasteiger partial charge in [-0.1, -0.05) is 25.1 Å². The van der Waals surface area contributed by atoms with Gasteiger partial charge in [-0.2, -0.15) is 0 Å². The highest BCUT2D eigenvalue weighted by Gasteiger charge is 2.40. The molecule has 1 saturated heterocycles. The zero-order valence-electron chi connectivity index (χ0n) is 11.4. The van der Waals surface area contributed by atoms with Crippen molar-refractivity contribution in [1.29, 1.82) is 0 Å². The van der Waals surface area contributed by atoms with Crippen molar-refractivity contribution in [1.82, 2.24) is 0 Å². The minimum Gasteiger partial charge on any atom is -0.460 e. The molecule has 1 fully saturated rings. The largest absolute Gasteiger partial charge is 0.460 e. The number of ketones is 1. The van der Waals surface area contributed by atoms with E-state index in [9.17, 15) is 4.79 Å². The summed E-state index contributed by atoms with van der Waals surface area (Å²) >= 11 is 0. The Morgan fingerprint density at radius 2 is 2.16 bits per heavy atom. The molecule has 0 aliphatic carbocycles. The van der Waals surface area contributed by atoms with Crippen LogP contribution in [-0.4, -0.2) is 18.0 Å². The van der Waals surface area contributed by atoms with Crippen LogP contribution in [0.1, 0.15) is 42.8 Å². The fourth-order valence-corrected chi connectivity index (χ4v) is 2.82. The van der Waals surface area contributed by atoms with E-state index in [4.69, 9.17) is 9.15 Å². The van der Waals surface area contributed by atoms with Gasteiger partial charge in [0.25, 0.3) is 0 Å². The smallest absolute Gasteiger partial charge is 0.198 e. The van der Waals surface area contributed by atoms with E-state index in [0.29, 0.717) is 18.6 Å². The molecular formula is C16H18O3. The topological polar surface area (TPSA) is 39.4 Å². The van der Waals surface area contributed by atoms with Crippen LogP contribution in [0.15, 0.2) is 28.7 Å². The fourth-order valence-electron chi connectivity index (χ4n) is 2.82. The summed E-state index contributed by atoms with van der Waals surface area (Å²) in [6, 6.07) is 7.71. The van der Waals surface area contributed by atoms with Gasteiger partial charge in [-0.3, -0.25) is 4.79 Å². The first kappa shape index (κ1) is 12.4. The van der Waals surface area contributed by atoms with Crippen LogP contribution >= 0.6 is 0 Å². The number of para-hydroxylation sites is 1. The molecule has 0 saturated carbocycles. The number of hydrogen-bond donors (Lipinski definition) is 0. The number of rotatable bonds is 3. The molecule has 19 heavy (non-hydrogen) atoms. The third-order valence-corrected chi connectivity index (χ3v) is 3.92. The summed E-state index contributed by atoms with van der Waals surface area (Å²) in [5, 5.41) is 0.904. The maximum Gasteiger partial charge on any atom is 0.198 e. The zero-order chi connectivity index (χ0) is 13.5. The first-order valence-electron chi connectivity index (χ1n) is 6.85. The van der Waals surface area contributed by atoms with Crippen molar-refractivity contribution in [3.8, 4) is 0 Å². The minimum absolute atomic E-state index is 0.0619. The van der Waals surface area contributed by atoms with Gasteiger partial charge in [-0.15, -0.1) is 0 Å². The van der Waals surface area contributed by atoms with E-state index in [0.717, 1.165) is 29.6 Å². The number of fused-ring (bicyclic) bond motifs is 1. The lowest BCUT2D eigenvalue weighted by Gasteiger charge is -2.21. The van der Waals surface area contributed by atoms with Crippen molar-refractivity contribution < 1.29 is 13.9 Å². The highest BCUT2D eigenvalue weighted by Crippen LogP contribution is 2.34. The quantitative estimate of drug-likeness (QED) is 0.787. The second kappa shape index (κ2) is 4.49. The van der Waals surface area contributed by atoms with Crippen LogP contribution in [0.4, 0.5) is 0 Å². The van der Waals surface area contributed by atoms with Crippen molar-refractivity contribution in [2.24, 2.45) is 0 Å². The number of carbonyl (C=O) groups excluding carboxylic acids is 1. The second-order valence-electron chi connectivity index (χ2n) is 5.26. The van der Waals surface area contributed by atoms with Gasteiger partial charge >= 0.3 is 0 Å². The predicted octanol–water partition coefficient (Wildman–Crippen LogP) is 3.75. The maximum atomic E-state index is 12.8. The normalized spacial score (nSPS) is 23.1. The molecule has 0 bridgehead atoms. The number of aryl methyl sites for hydroxylation is 1. The lowest BCUT2D eigenvalue weighted by Crippen LogP contribution is -2.34. The molecule has 2 aromatic rings. The van der Waals surface area contributed by atoms with Crippen LogP contribution in [0.2, 0.25) is 0 Å². The molecule has 1 aromatic heterocycles. The summed E-state index contributed by atoms with van der Waals surface area (Å²) in [5.74, 6) is 0.828. The van der Waals surface area contributed by atoms with Crippen LogP contribution in [-0.2, 0) is 11.2 Å². The molecule has 0 amide bonds. The van der Waals surface area contributed by atoms with Crippen LogP contribution in [0.25, 0.3) is 11.0 Å². The Balaban J connectivity index is 2.15. The number of furan rings is 1. The Hall–Kier alpha value is -1.61. The molecular weight excluding hydrogens is 240 g/mol. The molecule has 1 aromatic carbocycles. The number of Topliss-reactive ketones (excluding diaryl/α,β-unsaturated/α-hetero) is 1. The van der Waals surface area contributed by atoms with E-state index < -0.39 is 5.60 Å². The zero-order valence-corrected chi connectivity index (χ0v) is 11.4. The van der Waals surface area contributed by atoms with Gasteiger partial charge in [0, 0.05) is 18.4 Å². The van der Waals surface area contributed by atoms with Crippen molar-refractivity contribution >= 4 is 16.8 Å². The van der Waals surface area contributed by atoms with Gasteiger partial charge < -0.3 is 9.15 Å². The molecule has 0 N–H and O–H groups in total. The monoisotopic (exact) mass is 258 g/mol. The van der Waals surface area contributed by atoms with Gasteiger partial charge in [0.2, 0.25) is 0 Å². The number of hydrogen-bond acceptors (Lipinski definition) is 3. The highest BCUT2D eigenvalue weighted by atomic mass is 16.5. The SMILES string of the molecule is CCc1oc2ccccc2c1C(=O)C1(C)CCCO1. The average Bonchev–Trinajstić information content (AvgIpc) is 3.02. The molecule has 3 nitrogen and oxygen atoms in total. The molecule has 1 atom stereocenters. The lowest BCUT2D eigenvalue weighted by atomic mass is 9.90. The van der Waals surface area contributed by atoms with E-state index in [1.165, 1.54) is 0 Å². The number of benzene rings is 1. The van der Waals surface area contributed by atoms with Gasteiger partial charge in [0.05, 0.1) is 5.56 Å². The molecule has 3 heteroatoms. The number of carbonyl (C=O) groups is 1. The van der Waals surface area contributed by atoms with Crippen molar-refractivity contribution in [3.05, 3.63) is 35.6 Å². The van der Waals surface area contributed by atoms with Gasteiger partial charge in [-0.05, 0) is 25.8 Å². The molecule has 3 rings (SSSR count). The van der Waals surface area contributed by atoms with E-state index in [1.54, 1.807) is 0 Å². The Kier molecular flexibility index (Phi) is 2.94. The van der Waals surface area contributed by atoms with E-state index in [-0.39, 0.29) is 5.78 Å². The van der Waals surface area contributed by atoms with Crippen molar-refractivity contribution in [3.63, 3.8) is 0 Å². The predicted molar refractivity (Wildman–Crippen MR) is 73.5 cm³/mol.